The minimum Gasteiger partial charge on any atom is -0.390 e. The van der Waals surface area contributed by atoms with Crippen LogP contribution < -0.4 is 0 Å². The van der Waals surface area contributed by atoms with Crippen molar-refractivity contribution in [1.29, 1.82) is 0 Å². The van der Waals surface area contributed by atoms with Gasteiger partial charge in [0.05, 0.1) is 11.7 Å². The van der Waals surface area contributed by atoms with E-state index in [2.05, 4.69) is 13.8 Å². The molecule has 0 aliphatic heterocycles. The highest BCUT2D eigenvalue weighted by molar-refractivity contribution is 5.20. The Morgan fingerprint density at radius 1 is 1.33 bits per heavy atom. The first-order valence-corrected chi connectivity index (χ1v) is 4.81. The molecule has 2 N–H and O–H groups in total. The van der Waals surface area contributed by atoms with Crippen molar-refractivity contribution in [2.45, 2.75) is 45.3 Å². The van der Waals surface area contributed by atoms with Gasteiger partial charge in [-0.15, -0.1) is 0 Å². The van der Waals surface area contributed by atoms with E-state index in [0.29, 0.717) is 11.8 Å². The van der Waals surface area contributed by atoms with Crippen molar-refractivity contribution in [2.24, 2.45) is 17.3 Å². The summed E-state index contributed by atoms with van der Waals surface area (Å²) in [6.45, 7) is 6.15. The first-order valence-electron chi connectivity index (χ1n) is 4.81. The highest BCUT2D eigenvalue weighted by Gasteiger charge is 2.70. The molecule has 2 nitrogen and oxygen atoms in total. The maximum atomic E-state index is 9.94. The molecule has 0 aromatic rings. The van der Waals surface area contributed by atoms with Gasteiger partial charge in [-0.3, -0.25) is 0 Å². The molecule has 0 bridgehead atoms. The summed E-state index contributed by atoms with van der Waals surface area (Å²) in [7, 11) is 0. The molecular formula is C10H18O2. The molecular weight excluding hydrogens is 152 g/mol. The summed E-state index contributed by atoms with van der Waals surface area (Å²) < 4.78 is 0. The minimum atomic E-state index is -0.815. The molecule has 0 saturated heterocycles. The maximum absolute atomic E-state index is 9.94. The third kappa shape index (κ3) is 0.775. The van der Waals surface area contributed by atoms with Gasteiger partial charge in [-0.2, -0.15) is 0 Å². The molecule has 0 aromatic carbocycles. The van der Waals surface area contributed by atoms with Gasteiger partial charge >= 0.3 is 0 Å². The average molecular weight is 170 g/mol. The number of hydrogen-bond acceptors (Lipinski definition) is 2. The van der Waals surface area contributed by atoms with Crippen LogP contribution in [0.2, 0.25) is 0 Å². The van der Waals surface area contributed by atoms with Crippen LogP contribution in [-0.4, -0.2) is 21.9 Å². The lowest BCUT2D eigenvalue weighted by molar-refractivity contribution is -0.0578. The molecule has 0 spiro atoms. The lowest BCUT2D eigenvalue weighted by Crippen LogP contribution is -2.37. The van der Waals surface area contributed by atoms with Gasteiger partial charge in [-0.05, 0) is 37.0 Å². The molecule has 0 unspecified atom stereocenters. The second kappa shape index (κ2) is 2.05. The van der Waals surface area contributed by atoms with E-state index in [-0.39, 0.29) is 5.41 Å². The van der Waals surface area contributed by atoms with Crippen LogP contribution in [0.4, 0.5) is 0 Å². The summed E-state index contributed by atoms with van der Waals surface area (Å²) in [6, 6.07) is 0. The summed E-state index contributed by atoms with van der Waals surface area (Å²) in [5, 5.41) is 19.6. The molecule has 2 aliphatic rings. The van der Waals surface area contributed by atoms with Crippen LogP contribution >= 0.6 is 0 Å². The van der Waals surface area contributed by atoms with Gasteiger partial charge in [0.2, 0.25) is 0 Å². The Morgan fingerprint density at radius 2 is 1.92 bits per heavy atom. The van der Waals surface area contributed by atoms with E-state index in [1.807, 2.05) is 0 Å². The van der Waals surface area contributed by atoms with Gasteiger partial charge in [0.1, 0.15) is 0 Å². The standard InChI is InChI=1S/C10H18O2/c1-6(2)10-4-7(10)9(3,12)8(11)5-10/h6-8,11-12H,4-5H2,1-3H3/t7-,8-,9-,10+/m1/s1. The maximum Gasteiger partial charge on any atom is 0.0911 e. The molecule has 0 amide bonds. The first kappa shape index (κ1) is 8.52. The van der Waals surface area contributed by atoms with Crippen LogP contribution in [0, 0.1) is 17.3 Å². The monoisotopic (exact) mass is 170 g/mol. The summed E-state index contributed by atoms with van der Waals surface area (Å²) in [5.41, 5.74) is -0.548. The fraction of sp³-hybridized carbons (Fsp3) is 1.00. The second-order valence-corrected chi connectivity index (χ2v) is 5.09. The fourth-order valence-corrected chi connectivity index (χ4v) is 3.01. The van der Waals surface area contributed by atoms with Crippen LogP contribution in [-0.2, 0) is 0 Å². The smallest absolute Gasteiger partial charge is 0.0911 e. The van der Waals surface area contributed by atoms with Gasteiger partial charge in [0.25, 0.3) is 0 Å². The van der Waals surface area contributed by atoms with Crippen molar-refractivity contribution >= 4 is 0 Å². The van der Waals surface area contributed by atoms with Gasteiger partial charge in [0.15, 0.2) is 0 Å². The SMILES string of the molecule is CC(C)[C@]12C[C@@H](O)[C@](C)(O)[C@H]1C2. The zero-order valence-corrected chi connectivity index (χ0v) is 8.04. The van der Waals surface area contributed by atoms with Crippen LogP contribution in [0.15, 0.2) is 0 Å². The fourth-order valence-electron chi connectivity index (χ4n) is 3.01. The number of aliphatic hydroxyl groups excluding tert-OH is 1. The Morgan fingerprint density at radius 3 is 2.17 bits per heavy atom. The van der Waals surface area contributed by atoms with E-state index in [1.54, 1.807) is 6.92 Å². The normalized spacial score (nSPS) is 57.5. The number of aliphatic hydroxyl groups is 2. The van der Waals surface area contributed by atoms with E-state index >= 15 is 0 Å². The molecule has 2 saturated carbocycles. The highest BCUT2D eigenvalue weighted by Crippen LogP contribution is 2.70. The minimum absolute atomic E-state index is 0.267. The van der Waals surface area contributed by atoms with Gasteiger partial charge in [0, 0.05) is 0 Å². The molecule has 0 radical (unpaired) electrons. The van der Waals surface area contributed by atoms with E-state index in [9.17, 15) is 10.2 Å². The van der Waals surface area contributed by atoms with Crippen molar-refractivity contribution in [3.63, 3.8) is 0 Å². The summed E-state index contributed by atoms with van der Waals surface area (Å²) in [4.78, 5) is 0. The summed E-state index contributed by atoms with van der Waals surface area (Å²) >= 11 is 0. The quantitative estimate of drug-likeness (QED) is 0.620. The van der Waals surface area contributed by atoms with Crippen LogP contribution in [0.1, 0.15) is 33.6 Å². The molecule has 2 fully saturated rings. The van der Waals surface area contributed by atoms with E-state index in [1.165, 1.54) is 0 Å². The number of hydrogen-bond donors (Lipinski definition) is 2. The zero-order chi connectivity index (χ0) is 9.15. The molecule has 12 heavy (non-hydrogen) atoms. The Hall–Kier alpha value is -0.0800. The van der Waals surface area contributed by atoms with Crippen LogP contribution in [0.25, 0.3) is 0 Å². The van der Waals surface area contributed by atoms with Crippen molar-refractivity contribution in [3.8, 4) is 0 Å². The Kier molecular flexibility index (Phi) is 1.45. The van der Waals surface area contributed by atoms with Gasteiger partial charge < -0.3 is 10.2 Å². The molecule has 2 heteroatoms. The topological polar surface area (TPSA) is 40.5 Å². The number of rotatable bonds is 1. The zero-order valence-electron chi connectivity index (χ0n) is 8.04. The van der Waals surface area contributed by atoms with Crippen molar-refractivity contribution in [3.05, 3.63) is 0 Å². The molecule has 70 valence electrons. The lowest BCUT2D eigenvalue weighted by Gasteiger charge is -2.23. The van der Waals surface area contributed by atoms with Gasteiger partial charge in [-0.1, -0.05) is 13.8 Å². The van der Waals surface area contributed by atoms with Crippen LogP contribution in [0.5, 0.6) is 0 Å². The van der Waals surface area contributed by atoms with E-state index in [4.69, 9.17) is 0 Å². The van der Waals surface area contributed by atoms with Crippen LogP contribution in [0.3, 0.4) is 0 Å². The first-order chi connectivity index (χ1) is 5.41. The Labute approximate surface area is 73.6 Å². The number of fused-ring (bicyclic) bond motifs is 1. The molecule has 2 aliphatic carbocycles. The third-order valence-corrected chi connectivity index (χ3v) is 4.22. The molecule has 4 atom stereocenters. The van der Waals surface area contributed by atoms with E-state index in [0.717, 1.165) is 12.8 Å². The van der Waals surface area contributed by atoms with Crippen molar-refractivity contribution in [2.75, 3.05) is 0 Å². The predicted molar refractivity (Wildman–Crippen MR) is 46.6 cm³/mol. The largest absolute Gasteiger partial charge is 0.390 e. The lowest BCUT2D eigenvalue weighted by atomic mass is 9.89. The van der Waals surface area contributed by atoms with Crippen molar-refractivity contribution < 1.29 is 10.2 Å². The predicted octanol–water partition coefficient (Wildman–Crippen LogP) is 1.16. The molecule has 0 heterocycles. The Bertz CT molecular complexity index is 210. The van der Waals surface area contributed by atoms with Crippen molar-refractivity contribution in [1.82, 2.24) is 0 Å². The second-order valence-electron chi connectivity index (χ2n) is 5.09. The van der Waals surface area contributed by atoms with Gasteiger partial charge in [-0.25, -0.2) is 0 Å². The average Bonchev–Trinajstić information content (AvgIpc) is 2.59. The summed E-state index contributed by atoms with van der Waals surface area (Å²) in [5.74, 6) is 0.936. The highest BCUT2D eigenvalue weighted by atomic mass is 16.3. The van der Waals surface area contributed by atoms with E-state index < -0.39 is 11.7 Å². The summed E-state index contributed by atoms with van der Waals surface area (Å²) in [6.07, 6.45) is 1.40. The third-order valence-electron chi connectivity index (χ3n) is 4.22. The molecule has 2 rings (SSSR count). The molecule has 0 aromatic heterocycles. The Balaban J connectivity index is 2.22.